The van der Waals surface area contributed by atoms with Crippen LogP contribution in [0.3, 0.4) is 0 Å². The molecule has 0 aliphatic carbocycles. The van der Waals surface area contributed by atoms with Gasteiger partial charge in [-0.05, 0) is 29.8 Å². The maximum absolute atomic E-state index is 13.4. The molecule has 2 aromatic carbocycles. The third-order valence-electron chi connectivity index (χ3n) is 3.91. The Morgan fingerprint density at radius 2 is 1.84 bits per heavy atom. The van der Waals surface area contributed by atoms with E-state index in [2.05, 4.69) is 5.32 Å². The Bertz CT molecular complexity index is 911. The van der Waals surface area contributed by atoms with Gasteiger partial charge in [0.1, 0.15) is 16.4 Å². The predicted octanol–water partition coefficient (Wildman–Crippen LogP) is 3.53. The number of anilines is 1. The van der Waals surface area contributed by atoms with E-state index in [0.717, 1.165) is 11.8 Å². The Kier molecular flexibility index (Phi) is 5.12. The lowest BCUT2D eigenvalue weighted by Gasteiger charge is -2.26. The maximum Gasteiger partial charge on any atom is 0.310 e. The maximum atomic E-state index is 13.4. The average Bonchev–Trinajstić information content (AvgIpc) is 2.51. The molecule has 0 heterocycles. The molecule has 0 radical (unpaired) electrons. The zero-order valence-electron chi connectivity index (χ0n) is 14.1. The Balaban J connectivity index is 2.36. The lowest BCUT2D eigenvalue weighted by molar-refractivity contribution is -0.386. The molecular weight excluding hydrogens is 347 g/mol. The Morgan fingerprint density at radius 1 is 1.20 bits per heavy atom. The summed E-state index contributed by atoms with van der Waals surface area (Å²) in [6.07, 6.45) is 0.926. The van der Waals surface area contributed by atoms with Gasteiger partial charge in [0.15, 0.2) is 9.84 Å². The van der Waals surface area contributed by atoms with Gasteiger partial charge >= 0.3 is 5.69 Å². The molecule has 2 rings (SSSR count). The molecule has 1 N–H and O–H groups in total. The number of nitro benzene ring substituents is 1. The van der Waals surface area contributed by atoms with E-state index in [4.69, 9.17) is 0 Å². The summed E-state index contributed by atoms with van der Waals surface area (Å²) in [5, 5.41) is 14.3. The van der Waals surface area contributed by atoms with Crippen molar-refractivity contribution in [1.82, 2.24) is 0 Å². The average molecular weight is 366 g/mol. The number of benzene rings is 2. The molecule has 0 atom stereocenters. The molecular formula is C17H19FN2O4S. The highest BCUT2D eigenvalue weighted by Crippen LogP contribution is 2.33. The van der Waals surface area contributed by atoms with Crippen LogP contribution in [-0.4, -0.2) is 26.1 Å². The molecule has 0 spiro atoms. The second-order valence-corrected chi connectivity index (χ2v) is 8.41. The number of hydrogen-bond donors (Lipinski definition) is 1. The van der Waals surface area contributed by atoms with Crippen LogP contribution in [0.2, 0.25) is 0 Å². The minimum absolute atomic E-state index is 0.109. The van der Waals surface area contributed by atoms with E-state index in [0.29, 0.717) is 0 Å². The van der Waals surface area contributed by atoms with Gasteiger partial charge in [0.05, 0.1) is 4.92 Å². The number of halogens is 1. The molecule has 0 aromatic heterocycles. The van der Waals surface area contributed by atoms with Gasteiger partial charge in [-0.2, -0.15) is 0 Å². The highest BCUT2D eigenvalue weighted by Gasteiger charge is 2.28. The number of rotatable bonds is 6. The number of hydrogen-bond acceptors (Lipinski definition) is 5. The zero-order valence-corrected chi connectivity index (χ0v) is 14.9. The van der Waals surface area contributed by atoms with Crippen LogP contribution in [0.4, 0.5) is 15.8 Å². The van der Waals surface area contributed by atoms with E-state index in [1.807, 2.05) is 13.8 Å². The van der Waals surface area contributed by atoms with Crippen molar-refractivity contribution >= 4 is 21.2 Å². The van der Waals surface area contributed by atoms with Gasteiger partial charge in [-0.25, -0.2) is 12.8 Å². The van der Waals surface area contributed by atoms with Crippen LogP contribution < -0.4 is 5.32 Å². The van der Waals surface area contributed by atoms with Gasteiger partial charge in [0.2, 0.25) is 0 Å². The Morgan fingerprint density at radius 3 is 2.40 bits per heavy atom. The predicted molar refractivity (Wildman–Crippen MR) is 94.1 cm³/mol. The lowest BCUT2D eigenvalue weighted by Crippen LogP contribution is -2.28. The van der Waals surface area contributed by atoms with Crippen LogP contribution in [-0.2, 0) is 15.3 Å². The van der Waals surface area contributed by atoms with Crippen LogP contribution in [0.1, 0.15) is 19.4 Å². The molecule has 0 saturated heterocycles. The molecule has 0 fully saturated rings. The highest BCUT2D eigenvalue weighted by atomic mass is 32.2. The number of para-hydroxylation sites is 1. The lowest BCUT2D eigenvalue weighted by atomic mass is 9.84. The molecule has 0 saturated carbocycles. The number of nitro groups is 1. The van der Waals surface area contributed by atoms with Crippen molar-refractivity contribution in [3.63, 3.8) is 0 Å². The molecule has 6 nitrogen and oxygen atoms in total. The molecule has 0 bridgehead atoms. The van der Waals surface area contributed by atoms with E-state index in [1.165, 1.54) is 30.3 Å². The quantitative estimate of drug-likeness (QED) is 0.624. The van der Waals surface area contributed by atoms with E-state index < -0.39 is 25.9 Å². The third kappa shape index (κ3) is 4.33. The van der Waals surface area contributed by atoms with Crippen LogP contribution in [0.15, 0.2) is 47.4 Å². The molecule has 25 heavy (non-hydrogen) atoms. The molecule has 0 amide bonds. The molecule has 0 aliphatic rings. The van der Waals surface area contributed by atoms with E-state index in [1.54, 1.807) is 12.1 Å². The van der Waals surface area contributed by atoms with Gasteiger partial charge in [-0.3, -0.25) is 10.1 Å². The van der Waals surface area contributed by atoms with Gasteiger partial charge in [-0.15, -0.1) is 0 Å². The normalized spacial score (nSPS) is 12.0. The number of sulfone groups is 1. The summed E-state index contributed by atoms with van der Waals surface area (Å²) in [5.74, 6) is -0.365. The first kappa shape index (κ1) is 18.9. The summed E-state index contributed by atoms with van der Waals surface area (Å²) in [6.45, 7) is 3.98. The van der Waals surface area contributed by atoms with Gasteiger partial charge in [-0.1, -0.05) is 32.0 Å². The second kappa shape index (κ2) is 6.79. The topological polar surface area (TPSA) is 89.3 Å². The molecule has 0 unspecified atom stereocenters. The van der Waals surface area contributed by atoms with Crippen LogP contribution >= 0.6 is 0 Å². The summed E-state index contributed by atoms with van der Waals surface area (Å²) in [4.78, 5) is 10.3. The van der Waals surface area contributed by atoms with Crippen molar-refractivity contribution in [2.45, 2.75) is 24.2 Å². The zero-order chi connectivity index (χ0) is 18.8. The standard InChI is InChI=1S/C17H19FN2O4S/c1-17(2,12-6-4-7-13(18)10-12)11-19-14-8-5-9-15(25(3,23)24)16(14)20(21)22/h4-10,19H,11H2,1-3H3. The van der Waals surface area contributed by atoms with E-state index in [9.17, 15) is 22.9 Å². The SMILES string of the molecule is CC(C)(CNc1cccc(S(C)(=O)=O)c1[N+](=O)[O-])c1cccc(F)c1. The van der Waals surface area contributed by atoms with E-state index >= 15 is 0 Å². The largest absolute Gasteiger partial charge is 0.379 e. The fourth-order valence-electron chi connectivity index (χ4n) is 2.48. The molecule has 2 aromatic rings. The highest BCUT2D eigenvalue weighted by molar-refractivity contribution is 7.90. The van der Waals surface area contributed by atoms with E-state index in [-0.39, 0.29) is 22.9 Å². The van der Waals surface area contributed by atoms with Gasteiger partial charge in [0, 0.05) is 18.2 Å². The number of nitrogens with one attached hydrogen (secondary N) is 1. The summed E-state index contributed by atoms with van der Waals surface area (Å²) >= 11 is 0. The first-order valence-corrected chi connectivity index (χ1v) is 9.39. The monoisotopic (exact) mass is 366 g/mol. The number of nitrogens with zero attached hydrogens (tertiary/aromatic N) is 1. The third-order valence-corrected chi connectivity index (χ3v) is 5.04. The fourth-order valence-corrected chi connectivity index (χ4v) is 3.34. The molecule has 0 aliphatic heterocycles. The van der Waals surface area contributed by atoms with Crippen molar-refractivity contribution in [2.24, 2.45) is 0 Å². The van der Waals surface area contributed by atoms with Crippen molar-refractivity contribution in [1.29, 1.82) is 0 Å². The first-order chi connectivity index (χ1) is 11.5. The summed E-state index contributed by atoms with van der Waals surface area (Å²) in [6, 6.07) is 10.2. The minimum Gasteiger partial charge on any atom is -0.379 e. The second-order valence-electron chi connectivity index (χ2n) is 6.43. The van der Waals surface area contributed by atoms with Crippen LogP contribution in [0.25, 0.3) is 0 Å². The van der Waals surface area contributed by atoms with Crippen LogP contribution in [0.5, 0.6) is 0 Å². The first-order valence-electron chi connectivity index (χ1n) is 7.50. The van der Waals surface area contributed by atoms with Crippen LogP contribution in [0, 0.1) is 15.9 Å². The van der Waals surface area contributed by atoms with Gasteiger partial charge < -0.3 is 5.32 Å². The van der Waals surface area contributed by atoms with Crippen molar-refractivity contribution in [3.05, 3.63) is 64.0 Å². The smallest absolute Gasteiger partial charge is 0.310 e. The van der Waals surface area contributed by atoms with Crippen molar-refractivity contribution in [3.8, 4) is 0 Å². The summed E-state index contributed by atoms with van der Waals surface area (Å²) in [7, 11) is -3.74. The molecule has 134 valence electrons. The van der Waals surface area contributed by atoms with Crippen molar-refractivity contribution < 1.29 is 17.7 Å². The van der Waals surface area contributed by atoms with Gasteiger partial charge in [0.25, 0.3) is 0 Å². The fraction of sp³-hybridized carbons (Fsp3) is 0.294. The molecule has 8 heteroatoms. The minimum atomic E-state index is -3.74. The Labute approximate surface area is 145 Å². The summed E-state index contributed by atoms with van der Waals surface area (Å²) in [5.41, 5.74) is -0.184. The van der Waals surface area contributed by atoms with Crippen molar-refractivity contribution in [2.75, 3.05) is 18.1 Å². The summed E-state index contributed by atoms with van der Waals surface area (Å²) < 4.78 is 37.0. The Hall–Kier alpha value is -2.48.